The van der Waals surface area contributed by atoms with Gasteiger partial charge in [-0.2, -0.15) is 0 Å². The molecule has 0 aliphatic carbocycles. The number of carbonyl (C=O) groups excluding carboxylic acids is 3. The molecular weight excluding hydrogens is 474 g/mol. The fourth-order valence-corrected chi connectivity index (χ4v) is 4.35. The summed E-state index contributed by atoms with van der Waals surface area (Å²) in [5.74, 6) is 0.881. The van der Waals surface area contributed by atoms with Crippen molar-refractivity contribution in [2.45, 2.75) is 51.6 Å². The molecule has 1 aliphatic rings. The quantitative estimate of drug-likeness (QED) is 0.400. The molecule has 200 valence electrons. The van der Waals surface area contributed by atoms with Crippen molar-refractivity contribution < 1.29 is 28.6 Å². The molecule has 0 spiro atoms. The van der Waals surface area contributed by atoms with Gasteiger partial charge in [-0.15, -0.1) is 0 Å². The van der Waals surface area contributed by atoms with Gasteiger partial charge in [-0.1, -0.05) is 50.5 Å². The van der Waals surface area contributed by atoms with E-state index in [2.05, 4.69) is 17.6 Å². The Morgan fingerprint density at radius 2 is 1.65 bits per heavy atom. The predicted molar refractivity (Wildman–Crippen MR) is 141 cm³/mol. The van der Waals surface area contributed by atoms with Crippen LogP contribution in [-0.2, 0) is 20.9 Å². The van der Waals surface area contributed by atoms with Crippen LogP contribution in [0.4, 0.5) is 0 Å². The summed E-state index contributed by atoms with van der Waals surface area (Å²) in [4.78, 5) is 39.1. The molecule has 1 fully saturated rings. The van der Waals surface area contributed by atoms with Gasteiger partial charge in [0.1, 0.15) is 6.04 Å². The topological polar surface area (TPSA) is 106 Å². The van der Waals surface area contributed by atoms with E-state index in [0.29, 0.717) is 23.8 Å². The van der Waals surface area contributed by atoms with Crippen molar-refractivity contribution in [2.24, 2.45) is 0 Å². The summed E-state index contributed by atoms with van der Waals surface area (Å²) in [5, 5.41) is 5.51. The normalized spacial score (nSPS) is 15.2. The first-order valence-corrected chi connectivity index (χ1v) is 12.6. The first kappa shape index (κ1) is 27.8. The van der Waals surface area contributed by atoms with E-state index in [4.69, 9.17) is 14.2 Å². The standard InChI is InChI=1S/C28H37N3O6/c1-5-6-7-8-13-29-25(32)16-22-28(34)31(18-26(33)30-22)17-19-9-11-20(12-10-19)21-14-23(35-2)27(37-4)24(15-21)36-3/h9-12,14-15,22H,5-8,13,16-18H2,1-4H3,(H,29,32)(H,30,33)/t22-/m1/s1. The molecule has 0 radical (unpaired) electrons. The van der Waals surface area contributed by atoms with Crippen molar-refractivity contribution in [1.82, 2.24) is 15.5 Å². The predicted octanol–water partition coefficient (Wildman–Crippen LogP) is 3.29. The van der Waals surface area contributed by atoms with Crippen LogP contribution in [0.15, 0.2) is 36.4 Å². The lowest BCUT2D eigenvalue weighted by Gasteiger charge is -2.32. The van der Waals surface area contributed by atoms with E-state index in [0.717, 1.165) is 42.4 Å². The number of nitrogens with one attached hydrogen (secondary N) is 2. The van der Waals surface area contributed by atoms with Crippen LogP contribution in [0.2, 0.25) is 0 Å². The summed E-state index contributed by atoms with van der Waals surface area (Å²) in [7, 11) is 4.70. The van der Waals surface area contributed by atoms with Crippen LogP contribution < -0.4 is 24.8 Å². The molecule has 3 rings (SSSR count). The number of carbonyl (C=O) groups is 3. The van der Waals surface area contributed by atoms with Gasteiger partial charge in [0.25, 0.3) is 0 Å². The number of nitrogens with zero attached hydrogens (tertiary/aromatic N) is 1. The number of benzene rings is 2. The van der Waals surface area contributed by atoms with Crippen molar-refractivity contribution >= 4 is 17.7 Å². The molecule has 1 aliphatic heterocycles. The van der Waals surface area contributed by atoms with Gasteiger partial charge in [0, 0.05) is 13.1 Å². The average molecular weight is 512 g/mol. The molecule has 37 heavy (non-hydrogen) atoms. The zero-order valence-corrected chi connectivity index (χ0v) is 22.1. The summed E-state index contributed by atoms with van der Waals surface area (Å²) < 4.78 is 16.3. The number of rotatable bonds is 13. The highest BCUT2D eigenvalue weighted by molar-refractivity contribution is 5.97. The molecule has 0 saturated carbocycles. The molecule has 9 heteroatoms. The molecule has 0 unspecified atom stereocenters. The summed E-state index contributed by atoms with van der Waals surface area (Å²) in [6.07, 6.45) is 4.16. The second-order valence-electron chi connectivity index (χ2n) is 9.04. The van der Waals surface area contributed by atoms with Crippen molar-refractivity contribution in [3.05, 3.63) is 42.0 Å². The van der Waals surface area contributed by atoms with Crippen LogP contribution in [0, 0.1) is 0 Å². The number of hydrogen-bond donors (Lipinski definition) is 2. The Labute approximate surface area is 218 Å². The van der Waals surface area contributed by atoms with Crippen molar-refractivity contribution in [2.75, 3.05) is 34.4 Å². The van der Waals surface area contributed by atoms with Crippen LogP contribution in [0.1, 0.15) is 44.6 Å². The molecule has 1 atom stereocenters. The lowest BCUT2D eigenvalue weighted by atomic mass is 10.0. The number of ether oxygens (including phenoxy) is 3. The second-order valence-corrected chi connectivity index (χ2v) is 9.04. The van der Waals surface area contributed by atoms with E-state index < -0.39 is 6.04 Å². The van der Waals surface area contributed by atoms with Gasteiger partial charge in [-0.05, 0) is 35.2 Å². The minimum atomic E-state index is -0.851. The van der Waals surface area contributed by atoms with E-state index in [-0.39, 0.29) is 37.2 Å². The minimum absolute atomic E-state index is 0.0391. The number of methoxy groups -OCH3 is 3. The maximum absolute atomic E-state index is 13.0. The Hall–Kier alpha value is -3.75. The number of hydrogen-bond acceptors (Lipinski definition) is 6. The fraction of sp³-hybridized carbons (Fsp3) is 0.464. The molecular formula is C28H37N3O6. The number of amides is 3. The molecule has 2 aromatic carbocycles. The largest absolute Gasteiger partial charge is 0.493 e. The van der Waals surface area contributed by atoms with E-state index in [9.17, 15) is 14.4 Å². The van der Waals surface area contributed by atoms with Crippen LogP contribution in [0.3, 0.4) is 0 Å². The second kappa shape index (κ2) is 13.5. The Morgan fingerprint density at radius 3 is 2.24 bits per heavy atom. The van der Waals surface area contributed by atoms with Crippen LogP contribution >= 0.6 is 0 Å². The molecule has 2 N–H and O–H groups in total. The lowest BCUT2D eigenvalue weighted by molar-refractivity contribution is -0.146. The highest BCUT2D eigenvalue weighted by Crippen LogP contribution is 2.41. The molecule has 2 aromatic rings. The van der Waals surface area contributed by atoms with Gasteiger partial charge >= 0.3 is 0 Å². The zero-order chi connectivity index (χ0) is 26.8. The third-order valence-corrected chi connectivity index (χ3v) is 6.35. The van der Waals surface area contributed by atoms with Gasteiger partial charge in [0.15, 0.2) is 11.5 Å². The maximum Gasteiger partial charge on any atom is 0.246 e. The smallest absolute Gasteiger partial charge is 0.246 e. The van der Waals surface area contributed by atoms with Gasteiger partial charge in [0.05, 0.1) is 34.3 Å². The fourth-order valence-electron chi connectivity index (χ4n) is 4.35. The zero-order valence-electron chi connectivity index (χ0n) is 22.1. The van der Waals surface area contributed by atoms with E-state index in [1.807, 2.05) is 36.4 Å². The lowest BCUT2D eigenvalue weighted by Crippen LogP contribution is -2.58. The summed E-state index contributed by atoms with van der Waals surface area (Å²) in [6.45, 7) is 2.95. The number of piperazine rings is 1. The Kier molecular flexibility index (Phi) is 10.2. The van der Waals surface area contributed by atoms with Gasteiger partial charge in [0.2, 0.25) is 23.5 Å². The molecule has 0 aromatic heterocycles. The molecule has 9 nitrogen and oxygen atoms in total. The highest BCUT2D eigenvalue weighted by Gasteiger charge is 2.34. The molecule has 0 bridgehead atoms. The van der Waals surface area contributed by atoms with Gasteiger partial charge in [-0.3, -0.25) is 14.4 Å². The minimum Gasteiger partial charge on any atom is -0.493 e. The van der Waals surface area contributed by atoms with Crippen molar-refractivity contribution in [1.29, 1.82) is 0 Å². The van der Waals surface area contributed by atoms with Crippen LogP contribution in [-0.4, -0.2) is 63.1 Å². The van der Waals surface area contributed by atoms with Crippen LogP contribution in [0.25, 0.3) is 11.1 Å². The first-order valence-electron chi connectivity index (χ1n) is 12.6. The monoisotopic (exact) mass is 511 g/mol. The molecule has 3 amide bonds. The maximum atomic E-state index is 13.0. The SMILES string of the molecule is CCCCCCNC(=O)C[C@H]1NC(=O)CN(Cc2ccc(-c3cc(OC)c(OC)c(OC)c3)cc2)C1=O. The van der Waals surface area contributed by atoms with Crippen molar-refractivity contribution in [3.63, 3.8) is 0 Å². The molecule has 1 saturated heterocycles. The van der Waals surface area contributed by atoms with Crippen molar-refractivity contribution in [3.8, 4) is 28.4 Å². The Balaban J connectivity index is 1.64. The summed E-state index contributed by atoms with van der Waals surface area (Å²) in [6, 6.07) is 10.6. The average Bonchev–Trinajstić information content (AvgIpc) is 2.90. The highest BCUT2D eigenvalue weighted by atomic mass is 16.5. The van der Waals surface area contributed by atoms with E-state index in [1.54, 1.807) is 21.3 Å². The first-order chi connectivity index (χ1) is 17.9. The number of unbranched alkanes of at least 4 members (excludes halogenated alkanes) is 3. The van der Waals surface area contributed by atoms with E-state index in [1.165, 1.54) is 4.90 Å². The third kappa shape index (κ3) is 7.38. The summed E-state index contributed by atoms with van der Waals surface area (Å²) >= 11 is 0. The molecule has 1 heterocycles. The Bertz CT molecular complexity index is 1060. The van der Waals surface area contributed by atoms with Gasteiger partial charge < -0.3 is 29.7 Å². The third-order valence-electron chi connectivity index (χ3n) is 6.35. The van der Waals surface area contributed by atoms with Gasteiger partial charge in [-0.25, -0.2) is 0 Å². The summed E-state index contributed by atoms with van der Waals surface area (Å²) in [5.41, 5.74) is 2.69. The Morgan fingerprint density at radius 1 is 0.973 bits per heavy atom. The van der Waals surface area contributed by atoms with Crippen LogP contribution in [0.5, 0.6) is 17.2 Å². The van der Waals surface area contributed by atoms with E-state index >= 15 is 0 Å².